The van der Waals surface area contributed by atoms with Gasteiger partial charge in [-0.3, -0.25) is 4.79 Å². The summed E-state index contributed by atoms with van der Waals surface area (Å²) in [4.78, 5) is 16.8. The zero-order valence-electron chi connectivity index (χ0n) is 4.69. The van der Waals surface area contributed by atoms with Crippen LogP contribution in [0.15, 0.2) is 6.20 Å². The van der Waals surface area contributed by atoms with E-state index < -0.39 is 0 Å². The fourth-order valence-electron chi connectivity index (χ4n) is 0.378. The standard InChI is InChI=1S/C4H2N3OS.ClH/c5-7-4-6-1-3(2-8)9-4;/h1-2H;1H/q+1;/p-1. The van der Waals surface area contributed by atoms with Crippen LogP contribution in [0.4, 0.5) is 5.13 Å². The van der Waals surface area contributed by atoms with E-state index in [-0.39, 0.29) is 17.5 Å². The van der Waals surface area contributed by atoms with Gasteiger partial charge < -0.3 is 12.4 Å². The molecular weight excluding hydrogens is 174 g/mol. The Morgan fingerprint density at radius 3 is 2.80 bits per heavy atom. The molecule has 0 aliphatic heterocycles. The molecule has 10 heavy (non-hydrogen) atoms. The molecule has 0 unspecified atom stereocenters. The van der Waals surface area contributed by atoms with E-state index in [1.54, 1.807) is 0 Å². The highest BCUT2D eigenvalue weighted by Gasteiger charge is 2.10. The van der Waals surface area contributed by atoms with E-state index in [1.165, 1.54) is 6.20 Å². The van der Waals surface area contributed by atoms with Gasteiger partial charge in [-0.1, -0.05) is 0 Å². The highest BCUT2D eigenvalue weighted by Crippen LogP contribution is 2.18. The van der Waals surface area contributed by atoms with Crippen molar-refractivity contribution in [3.63, 3.8) is 0 Å². The topological polar surface area (TPSA) is 58.1 Å². The fourth-order valence-corrected chi connectivity index (χ4v) is 0.888. The van der Waals surface area contributed by atoms with Crippen LogP contribution in [-0.4, -0.2) is 11.3 Å². The van der Waals surface area contributed by atoms with Gasteiger partial charge in [0, 0.05) is 4.98 Å². The summed E-state index contributed by atoms with van der Waals surface area (Å²) in [6.07, 6.45) is 2.01. The van der Waals surface area contributed by atoms with Crippen LogP contribution in [0.3, 0.4) is 0 Å². The lowest BCUT2D eigenvalue weighted by atomic mass is 10.6. The first kappa shape index (κ1) is 9.01. The van der Waals surface area contributed by atoms with E-state index in [0.29, 0.717) is 11.2 Å². The zero-order valence-corrected chi connectivity index (χ0v) is 6.26. The van der Waals surface area contributed by atoms with Crippen LogP contribution in [0.1, 0.15) is 9.67 Å². The van der Waals surface area contributed by atoms with Crippen LogP contribution < -0.4 is 12.4 Å². The summed E-state index contributed by atoms with van der Waals surface area (Å²) in [7, 11) is 0. The third-order valence-corrected chi connectivity index (χ3v) is 1.52. The molecule has 0 fully saturated rings. The summed E-state index contributed by atoms with van der Waals surface area (Å²) < 4.78 is 0. The second-order valence-electron chi connectivity index (χ2n) is 1.26. The summed E-state index contributed by atoms with van der Waals surface area (Å²) in [5, 5.41) is 8.31. The lowest BCUT2D eigenvalue weighted by Crippen LogP contribution is -3.00. The maximum absolute atomic E-state index is 9.98. The van der Waals surface area contributed by atoms with Crippen molar-refractivity contribution in [2.24, 2.45) is 0 Å². The third-order valence-electron chi connectivity index (χ3n) is 0.713. The highest BCUT2D eigenvalue weighted by atomic mass is 35.5. The van der Waals surface area contributed by atoms with Gasteiger partial charge in [0.2, 0.25) is 0 Å². The maximum atomic E-state index is 9.98. The van der Waals surface area contributed by atoms with Gasteiger partial charge >= 0.3 is 5.13 Å². The molecule has 0 N–H and O–H groups in total. The zero-order chi connectivity index (χ0) is 6.69. The molecule has 6 heteroatoms. The molecule has 1 heterocycles. The van der Waals surface area contributed by atoms with Crippen molar-refractivity contribution < 1.29 is 17.2 Å². The highest BCUT2D eigenvalue weighted by molar-refractivity contribution is 7.17. The molecule has 0 atom stereocenters. The van der Waals surface area contributed by atoms with Crippen molar-refractivity contribution in [1.29, 1.82) is 5.39 Å². The lowest BCUT2D eigenvalue weighted by molar-refractivity contribution is -0.00000853. The number of nitrogens with zero attached hydrogens (tertiary/aromatic N) is 3. The first-order valence-electron chi connectivity index (χ1n) is 2.13. The molecule has 0 aromatic carbocycles. The van der Waals surface area contributed by atoms with Crippen LogP contribution in [0.2, 0.25) is 0 Å². The molecule has 0 saturated heterocycles. The van der Waals surface area contributed by atoms with Gasteiger partial charge in [-0.25, -0.2) is 0 Å². The van der Waals surface area contributed by atoms with Crippen LogP contribution in [0, 0.1) is 5.39 Å². The van der Waals surface area contributed by atoms with Crippen molar-refractivity contribution in [3.05, 3.63) is 16.0 Å². The predicted octanol–water partition coefficient (Wildman–Crippen LogP) is -1.56. The quantitative estimate of drug-likeness (QED) is 0.383. The number of aldehydes is 1. The number of aromatic nitrogens is 1. The fraction of sp³-hybridized carbons (Fsp3) is 0. The van der Waals surface area contributed by atoms with Crippen LogP contribution >= 0.6 is 11.3 Å². The molecule has 52 valence electrons. The summed E-state index contributed by atoms with van der Waals surface area (Å²) >= 11 is 1.04. The number of rotatable bonds is 1. The van der Waals surface area contributed by atoms with E-state index >= 15 is 0 Å². The van der Waals surface area contributed by atoms with Crippen LogP contribution in [0.25, 0.3) is 4.98 Å². The molecule has 0 radical (unpaired) electrons. The molecule has 0 spiro atoms. The van der Waals surface area contributed by atoms with E-state index in [1.807, 2.05) is 0 Å². The van der Waals surface area contributed by atoms with Crippen LogP contribution in [0.5, 0.6) is 0 Å². The van der Waals surface area contributed by atoms with E-state index in [4.69, 9.17) is 5.39 Å². The SMILES string of the molecule is N#[N+]c1ncc(C=O)s1.[Cl-]. The van der Waals surface area contributed by atoms with E-state index in [0.717, 1.165) is 11.3 Å². The average Bonchev–Trinajstić information content (AvgIpc) is 2.34. The Labute approximate surface area is 66.9 Å². The summed E-state index contributed by atoms with van der Waals surface area (Å²) in [6, 6.07) is 0. The minimum Gasteiger partial charge on any atom is -1.00 e. The van der Waals surface area contributed by atoms with Crippen molar-refractivity contribution in [2.75, 3.05) is 0 Å². The summed E-state index contributed by atoms with van der Waals surface area (Å²) in [6.45, 7) is 0. The van der Waals surface area contributed by atoms with Gasteiger partial charge in [0.1, 0.15) is 4.88 Å². The number of halogens is 1. The minimum atomic E-state index is 0. The molecule has 0 aliphatic carbocycles. The first-order valence-corrected chi connectivity index (χ1v) is 2.94. The van der Waals surface area contributed by atoms with E-state index in [9.17, 15) is 4.79 Å². The predicted molar refractivity (Wildman–Crippen MR) is 32.2 cm³/mol. The second-order valence-corrected chi connectivity index (χ2v) is 2.30. The largest absolute Gasteiger partial charge is 1.00 e. The number of carbonyl (C=O) groups excluding carboxylic acids is 1. The Hall–Kier alpha value is -0.990. The second kappa shape index (κ2) is 3.93. The molecule has 0 saturated carbocycles. The molecule has 0 aliphatic rings. The van der Waals surface area contributed by atoms with Gasteiger partial charge in [-0.05, 0) is 16.3 Å². The summed E-state index contributed by atoms with van der Waals surface area (Å²) in [5.74, 6) is 0. The summed E-state index contributed by atoms with van der Waals surface area (Å²) in [5.41, 5.74) is 0. The van der Waals surface area contributed by atoms with Gasteiger partial charge in [-0.15, -0.1) is 0 Å². The Kier molecular flexibility index (Phi) is 3.54. The van der Waals surface area contributed by atoms with Crippen molar-refractivity contribution in [3.8, 4) is 0 Å². The monoisotopic (exact) mass is 175 g/mol. The average molecular weight is 176 g/mol. The van der Waals surface area contributed by atoms with Crippen LogP contribution in [-0.2, 0) is 0 Å². The van der Waals surface area contributed by atoms with Gasteiger partial charge in [0.25, 0.3) is 0 Å². The smallest absolute Gasteiger partial charge is 0.523 e. The minimum absolute atomic E-state index is 0. The molecular formula is C4H2ClN3OS. The van der Waals surface area contributed by atoms with Gasteiger partial charge in [0.05, 0.1) is 5.39 Å². The maximum Gasteiger partial charge on any atom is 0.523 e. The molecule has 0 amide bonds. The molecule has 1 rings (SSSR count). The van der Waals surface area contributed by atoms with Gasteiger partial charge in [-0.2, -0.15) is 0 Å². The molecule has 4 nitrogen and oxygen atoms in total. The lowest BCUT2D eigenvalue weighted by Gasteiger charge is -1.59. The van der Waals surface area contributed by atoms with Gasteiger partial charge in [0.15, 0.2) is 12.5 Å². The van der Waals surface area contributed by atoms with Crippen molar-refractivity contribution >= 4 is 22.8 Å². The third kappa shape index (κ3) is 1.76. The number of hydrogen-bond acceptors (Lipinski definition) is 4. The number of thiazole rings is 1. The number of diazo groups is 1. The Morgan fingerprint density at radius 1 is 1.80 bits per heavy atom. The van der Waals surface area contributed by atoms with Crippen molar-refractivity contribution in [1.82, 2.24) is 4.98 Å². The van der Waals surface area contributed by atoms with E-state index in [2.05, 4.69) is 9.96 Å². The molecule has 1 aromatic heterocycles. The molecule has 1 aromatic rings. The Morgan fingerprint density at radius 2 is 2.50 bits per heavy atom. The normalized spacial score (nSPS) is 7.50. The number of hydrogen-bond donors (Lipinski definition) is 0. The first-order chi connectivity index (χ1) is 4.36. The molecule has 0 bridgehead atoms. The van der Waals surface area contributed by atoms with Crippen molar-refractivity contribution in [2.45, 2.75) is 0 Å². The number of carbonyl (C=O) groups is 1. The Balaban J connectivity index is 0.000000810. The Bertz CT molecular complexity index is 266.